The lowest BCUT2D eigenvalue weighted by Crippen LogP contribution is -2.08. The number of hydrogen-bond donors (Lipinski definition) is 0. The zero-order chi connectivity index (χ0) is 12.6. The van der Waals surface area contributed by atoms with Gasteiger partial charge in [-0.3, -0.25) is 10.1 Å². The molecule has 0 saturated carbocycles. The first-order valence-electron chi connectivity index (χ1n) is 4.97. The summed E-state index contributed by atoms with van der Waals surface area (Å²) in [6.07, 6.45) is 3.38. The third-order valence-corrected chi connectivity index (χ3v) is 2.88. The van der Waals surface area contributed by atoms with Crippen molar-refractivity contribution in [3.05, 3.63) is 31.8 Å². The molecule has 17 heavy (non-hydrogen) atoms. The molecule has 7 nitrogen and oxygen atoms in total. The highest BCUT2D eigenvalue weighted by atomic mass is 127. The van der Waals surface area contributed by atoms with Gasteiger partial charge >= 0.3 is 5.69 Å². The smallest absolute Gasteiger partial charge is 0.258 e. The van der Waals surface area contributed by atoms with Crippen LogP contribution in [0.25, 0.3) is 5.82 Å². The summed E-state index contributed by atoms with van der Waals surface area (Å²) in [4.78, 5) is 10.6. The summed E-state index contributed by atoms with van der Waals surface area (Å²) in [5.74, 6) is 0.401. The molecule has 2 rings (SSSR count). The van der Waals surface area contributed by atoms with Crippen molar-refractivity contribution in [1.82, 2.24) is 19.6 Å². The molecule has 0 aliphatic heterocycles. The fourth-order valence-electron chi connectivity index (χ4n) is 1.64. The molecule has 0 atom stereocenters. The number of halogens is 1. The van der Waals surface area contributed by atoms with E-state index in [1.165, 1.54) is 4.68 Å². The van der Waals surface area contributed by atoms with Crippen molar-refractivity contribution in [3.63, 3.8) is 0 Å². The Bertz CT molecular complexity index is 574. The fourth-order valence-corrected chi connectivity index (χ4v) is 2.03. The molecule has 0 aromatic carbocycles. The molecule has 0 bridgehead atoms. The number of nitro groups is 1. The first-order valence-corrected chi connectivity index (χ1v) is 6.04. The number of nitrogens with zero attached hydrogens (tertiary/aromatic N) is 5. The molecule has 0 fully saturated rings. The first-order chi connectivity index (χ1) is 8.04. The molecule has 0 radical (unpaired) electrons. The van der Waals surface area contributed by atoms with Crippen LogP contribution in [0, 0.1) is 20.6 Å². The van der Waals surface area contributed by atoms with Gasteiger partial charge in [0, 0.05) is 12.7 Å². The van der Waals surface area contributed by atoms with Crippen LogP contribution in [0.3, 0.4) is 0 Å². The van der Waals surface area contributed by atoms with E-state index in [0.29, 0.717) is 18.1 Å². The fraction of sp³-hybridized carbons (Fsp3) is 0.333. The normalized spacial score (nSPS) is 10.8. The number of aryl methyl sites for hydroxylation is 2. The van der Waals surface area contributed by atoms with Gasteiger partial charge in [0.05, 0.1) is 14.7 Å². The molecule has 0 spiro atoms. The minimum Gasteiger partial charge on any atom is -0.258 e. The lowest BCUT2D eigenvalue weighted by molar-refractivity contribution is -0.385. The summed E-state index contributed by atoms with van der Waals surface area (Å²) in [5, 5.41) is 19.3. The van der Waals surface area contributed by atoms with Crippen molar-refractivity contribution in [2.75, 3.05) is 0 Å². The van der Waals surface area contributed by atoms with Gasteiger partial charge in [0.1, 0.15) is 5.69 Å². The Morgan fingerprint density at radius 3 is 2.76 bits per heavy atom. The van der Waals surface area contributed by atoms with Crippen molar-refractivity contribution < 1.29 is 4.92 Å². The van der Waals surface area contributed by atoms with E-state index >= 15 is 0 Å². The maximum absolute atomic E-state index is 11.1. The monoisotopic (exact) mass is 347 g/mol. The van der Waals surface area contributed by atoms with Crippen LogP contribution in [0.4, 0.5) is 5.69 Å². The molecule has 2 aromatic rings. The van der Waals surface area contributed by atoms with Gasteiger partial charge < -0.3 is 0 Å². The second kappa shape index (κ2) is 4.43. The van der Waals surface area contributed by atoms with Gasteiger partial charge in [0.2, 0.25) is 5.82 Å². The van der Waals surface area contributed by atoms with Crippen LogP contribution in [0.15, 0.2) is 12.4 Å². The SMILES string of the molecule is CCn1nc(C)c([N+](=O)[O-])c1-n1cc(I)cn1. The molecule has 8 heteroatoms. The van der Waals surface area contributed by atoms with E-state index in [4.69, 9.17) is 0 Å². The molecule has 0 amide bonds. The summed E-state index contributed by atoms with van der Waals surface area (Å²) < 4.78 is 3.98. The third kappa shape index (κ3) is 2.04. The van der Waals surface area contributed by atoms with Crippen LogP contribution >= 0.6 is 22.6 Å². The van der Waals surface area contributed by atoms with Crippen LogP contribution in [0.1, 0.15) is 12.6 Å². The van der Waals surface area contributed by atoms with E-state index in [1.807, 2.05) is 6.92 Å². The molecular formula is C9H10IN5O2. The minimum atomic E-state index is -0.418. The van der Waals surface area contributed by atoms with Crippen LogP contribution < -0.4 is 0 Å². The Balaban J connectivity index is 2.69. The second-order valence-corrected chi connectivity index (χ2v) is 4.68. The van der Waals surface area contributed by atoms with Crippen molar-refractivity contribution in [2.45, 2.75) is 20.4 Å². The predicted molar refractivity (Wildman–Crippen MR) is 69.1 cm³/mol. The summed E-state index contributed by atoms with van der Waals surface area (Å²) >= 11 is 2.10. The molecule has 2 heterocycles. The maximum Gasteiger partial charge on any atom is 0.336 e. The first kappa shape index (κ1) is 12.0. The highest BCUT2D eigenvalue weighted by Crippen LogP contribution is 2.26. The summed E-state index contributed by atoms with van der Waals surface area (Å²) in [6, 6.07) is 0. The second-order valence-electron chi connectivity index (χ2n) is 3.43. The number of rotatable bonds is 3. The Morgan fingerprint density at radius 1 is 1.59 bits per heavy atom. The Hall–Kier alpha value is -1.45. The molecule has 2 aromatic heterocycles. The topological polar surface area (TPSA) is 78.8 Å². The standard InChI is InChI=1S/C9H10IN5O2/c1-3-13-9(14-5-7(10)4-11-14)8(15(16)17)6(2)12-13/h4-5H,3H2,1-2H3. The lowest BCUT2D eigenvalue weighted by atomic mass is 10.4. The zero-order valence-electron chi connectivity index (χ0n) is 9.29. The largest absolute Gasteiger partial charge is 0.336 e. The zero-order valence-corrected chi connectivity index (χ0v) is 11.4. The van der Waals surface area contributed by atoms with Crippen LogP contribution in [0.2, 0.25) is 0 Å². The summed E-state index contributed by atoms with van der Waals surface area (Å²) in [7, 11) is 0. The van der Waals surface area contributed by atoms with Crippen LogP contribution in [-0.2, 0) is 6.54 Å². The Morgan fingerprint density at radius 2 is 2.29 bits per heavy atom. The maximum atomic E-state index is 11.1. The molecular weight excluding hydrogens is 337 g/mol. The predicted octanol–water partition coefficient (Wildman–Crippen LogP) is 1.91. The Kier molecular flexibility index (Phi) is 3.13. The van der Waals surface area contributed by atoms with Gasteiger partial charge in [-0.05, 0) is 36.4 Å². The highest BCUT2D eigenvalue weighted by Gasteiger charge is 2.26. The van der Waals surface area contributed by atoms with Crippen LogP contribution in [-0.4, -0.2) is 24.5 Å². The third-order valence-electron chi connectivity index (χ3n) is 2.32. The molecule has 0 aliphatic carbocycles. The van der Waals surface area contributed by atoms with E-state index in [1.54, 1.807) is 24.0 Å². The van der Waals surface area contributed by atoms with Crippen molar-refractivity contribution in [1.29, 1.82) is 0 Å². The van der Waals surface area contributed by atoms with Gasteiger partial charge in [0.25, 0.3) is 0 Å². The lowest BCUT2D eigenvalue weighted by Gasteiger charge is -2.02. The van der Waals surface area contributed by atoms with E-state index in [0.717, 1.165) is 3.57 Å². The minimum absolute atomic E-state index is 0.00588. The molecule has 0 saturated heterocycles. The van der Waals surface area contributed by atoms with Crippen molar-refractivity contribution in [3.8, 4) is 5.82 Å². The number of aromatic nitrogens is 4. The van der Waals surface area contributed by atoms with E-state index < -0.39 is 4.92 Å². The van der Waals surface area contributed by atoms with Gasteiger partial charge in [-0.1, -0.05) is 0 Å². The summed E-state index contributed by atoms with van der Waals surface area (Å²) in [6.45, 7) is 4.07. The quantitative estimate of drug-likeness (QED) is 0.483. The van der Waals surface area contributed by atoms with Gasteiger partial charge in [0.15, 0.2) is 0 Å². The van der Waals surface area contributed by atoms with Crippen molar-refractivity contribution >= 4 is 28.3 Å². The average Bonchev–Trinajstić information content (AvgIpc) is 2.81. The van der Waals surface area contributed by atoms with Gasteiger partial charge in [-0.25, -0.2) is 9.36 Å². The average molecular weight is 347 g/mol. The van der Waals surface area contributed by atoms with E-state index in [2.05, 4.69) is 32.8 Å². The molecule has 90 valence electrons. The number of hydrogen-bond acceptors (Lipinski definition) is 4. The highest BCUT2D eigenvalue weighted by molar-refractivity contribution is 14.1. The van der Waals surface area contributed by atoms with Crippen LogP contribution in [0.5, 0.6) is 0 Å². The molecule has 0 N–H and O–H groups in total. The van der Waals surface area contributed by atoms with E-state index in [9.17, 15) is 10.1 Å². The molecule has 0 unspecified atom stereocenters. The Labute approximate surface area is 111 Å². The summed E-state index contributed by atoms with van der Waals surface area (Å²) in [5.41, 5.74) is 0.406. The van der Waals surface area contributed by atoms with Crippen molar-refractivity contribution in [2.24, 2.45) is 0 Å². The van der Waals surface area contributed by atoms with Gasteiger partial charge in [-0.2, -0.15) is 10.2 Å². The van der Waals surface area contributed by atoms with Gasteiger partial charge in [-0.15, -0.1) is 0 Å². The molecule has 0 aliphatic rings. The van der Waals surface area contributed by atoms with E-state index in [-0.39, 0.29) is 5.69 Å².